The van der Waals surface area contributed by atoms with Gasteiger partial charge in [-0.2, -0.15) is 0 Å². The number of carbonyl (C=O) groups is 4. The Labute approximate surface area is 78.6 Å². The van der Waals surface area contributed by atoms with Crippen LogP contribution in [-0.4, -0.2) is 23.9 Å². The molecule has 0 aromatic rings. The van der Waals surface area contributed by atoms with E-state index in [1.807, 2.05) is 0 Å². The number of hydrogen-bond donors (Lipinski definition) is 0. The predicted molar refractivity (Wildman–Crippen MR) is 20.0 cm³/mol. The van der Waals surface area contributed by atoms with Crippen molar-refractivity contribution in [2.75, 3.05) is 0 Å². The smallest absolute Gasteiger partial charge is 0.543 e. The summed E-state index contributed by atoms with van der Waals surface area (Å²) in [6.07, 6.45) is 0. The van der Waals surface area contributed by atoms with Gasteiger partial charge in [-0.3, -0.25) is 0 Å². The molecule has 0 aromatic heterocycles. The Morgan fingerprint density at radius 3 is 0.615 bits per heavy atom. The number of carbonyl (C=O) groups excluding carboxylic acids is 4. The molecule has 0 atom stereocenters. The van der Waals surface area contributed by atoms with E-state index in [1.54, 1.807) is 0 Å². The normalized spacial score (nSPS) is 6.77. The minimum Gasteiger partial charge on any atom is -0.543 e. The number of aliphatic carboxylic acids is 4. The maximum Gasteiger partial charge on any atom is 4.00 e. The molecule has 0 aromatic carbocycles. The second-order valence-corrected chi connectivity index (χ2v) is 1.15. The van der Waals surface area contributed by atoms with Crippen LogP contribution in [0.1, 0.15) is 0 Å². The third-order valence-electron chi connectivity index (χ3n) is 0.333. The predicted octanol–water partition coefficient (Wildman–Crippen LogP) is -7.03. The number of rotatable bonds is 0. The molecule has 0 saturated carbocycles. The zero-order valence-corrected chi connectivity index (χ0v) is 8.79. The SMILES string of the molecule is O=C([O-])C(=O)[O-].O=C([O-])C(=O)[O-].[Am+4]. The quantitative estimate of drug-likeness (QED) is 0.350. The largest absolute Gasteiger partial charge is 4.00 e. The number of carboxylic acids is 4. The molecule has 0 bridgehead atoms. The van der Waals surface area contributed by atoms with E-state index in [-0.39, 0.29) is 14.3 Å². The van der Waals surface area contributed by atoms with Gasteiger partial charge >= 0.3 is 14.3 Å². The Kier molecular flexibility index (Phi) is 11.2. The molecule has 71 valence electrons. The van der Waals surface area contributed by atoms with E-state index in [0.717, 1.165) is 0 Å². The fraction of sp³-hybridized carbons (Fsp3) is 0. The Bertz CT molecular complexity index is 172. The van der Waals surface area contributed by atoms with Crippen LogP contribution in [0.4, 0.5) is 0 Å². The van der Waals surface area contributed by atoms with Crippen LogP contribution in [0.5, 0.6) is 0 Å². The molecular weight excluding hydrogens is 419 g/mol. The van der Waals surface area contributed by atoms with Crippen LogP contribution >= 0.6 is 0 Å². The van der Waals surface area contributed by atoms with Crippen LogP contribution < -0.4 is 20.4 Å². The maximum absolute atomic E-state index is 8.93. The summed E-state index contributed by atoms with van der Waals surface area (Å²) in [5.41, 5.74) is 0. The molecule has 0 amide bonds. The van der Waals surface area contributed by atoms with E-state index in [2.05, 4.69) is 0 Å². The van der Waals surface area contributed by atoms with Gasteiger partial charge in [-0.15, -0.1) is 0 Å². The van der Waals surface area contributed by atoms with Crippen molar-refractivity contribution in [2.45, 2.75) is 0 Å². The van der Waals surface area contributed by atoms with Gasteiger partial charge in [0.15, 0.2) is 0 Å². The summed E-state index contributed by atoms with van der Waals surface area (Å²) in [5, 5.41) is 35.7. The average molecular weight is 419 g/mol. The van der Waals surface area contributed by atoms with Crippen molar-refractivity contribution in [3.05, 3.63) is 0 Å². The van der Waals surface area contributed by atoms with Crippen LogP contribution in [0.2, 0.25) is 0 Å². The molecule has 0 spiro atoms. The molecule has 0 unspecified atom stereocenters. The van der Waals surface area contributed by atoms with Crippen LogP contribution in [0, 0.1) is 14.3 Å². The molecule has 0 fully saturated rings. The van der Waals surface area contributed by atoms with Gasteiger partial charge < -0.3 is 39.6 Å². The third-order valence-corrected chi connectivity index (χ3v) is 0.333. The summed E-state index contributed by atoms with van der Waals surface area (Å²) < 4.78 is 0. The van der Waals surface area contributed by atoms with Gasteiger partial charge in [-0.05, 0) is 0 Å². The van der Waals surface area contributed by atoms with Crippen LogP contribution in [0.15, 0.2) is 0 Å². The first-order valence-corrected chi connectivity index (χ1v) is 2.13. The van der Waals surface area contributed by atoms with E-state index < -0.39 is 23.9 Å². The second-order valence-electron chi connectivity index (χ2n) is 1.15. The fourth-order valence-corrected chi connectivity index (χ4v) is 0. The number of carboxylic acid groups (broad SMARTS) is 4. The van der Waals surface area contributed by atoms with Crippen molar-refractivity contribution in [2.24, 2.45) is 0 Å². The molecule has 8 nitrogen and oxygen atoms in total. The molecule has 0 aliphatic rings. The van der Waals surface area contributed by atoms with Crippen molar-refractivity contribution < 1.29 is 53.9 Å². The first-order valence-electron chi connectivity index (χ1n) is 2.13. The fourth-order valence-electron chi connectivity index (χ4n) is 0. The van der Waals surface area contributed by atoms with E-state index >= 15 is 0 Å². The standard InChI is InChI=1S/2C2H2O4.Am/c2*3-1(4)2(5)6;/h2*(H,3,4)(H,5,6);/q;;+4/p-4. The van der Waals surface area contributed by atoms with E-state index in [1.165, 1.54) is 0 Å². The topological polar surface area (TPSA) is 161 Å². The Hall–Kier alpha value is -1.73. The Morgan fingerprint density at radius 1 is 0.538 bits per heavy atom. The molecular formula is C4AmO8. The van der Waals surface area contributed by atoms with E-state index in [4.69, 9.17) is 39.6 Å². The summed E-state index contributed by atoms with van der Waals surface area (Å²) in [6, 6.07) is 0. The van der Waals surface area contributed by atoms with E-state index in [9.17, 15) is 0 Å². The molecule has 0 aliphatic carbocycles. The molecule has 0 saturated heterocycles. The molecule has 1 radical (unpaired) electrons. The second kappa shape index (κ2) is 8.37. The van der Waals surface area contributed by atoms with Crippen molar-refractivity contribution in [3.63, 3.8) is 0 Å². The summed E-state index contributed by atoms with van der Waals surface area (Å²) in [4.78, 5) is 35.7. The summed E-state index contributed by atoms with van der Waals surface area (Å²) in [6.45, 7) is 0. The van der Waals surface area contributed by atoms with Gasteiger partial charge in [0.1, 0.15) is 0 Å². The molecule has 0 aliphatic heterocycles. The minimum absolute atomic E-state index is 0. The monoisotopic (exact) mass is 417 g/mol. The summed E-state index contributed by atoms with van der Waals surface area (Å²) in [7, 11) is 0. The molecule has 9 heteroatoms. The van der Waals surface area contributed by atoms with Gasteiger partial charge in [-0.1, -0.05) is 0 Å². The van der Waals surface area contributed by atoms with Gasteiger partial charge in [0.25, 0.3) is 0 Å². The van der Waals surface area contributed by atoms with Crippen LogP contribution in [-0.2, 0) is 19.2 Å². The number of hydrogen-bond acceptors (Lipinski definition) is 8. The van der Waals surface area contributed by atoms with Crippen LogP contribution in [0.25, 0.3) is 0 Å². The first-order chi connectivity index (χ1) is 5.29. The van der Waals surface area contributed by atoms with Crippen molar-refractivity contribution in [1.29, 1.82) is 0 Å². The van der Waals surface area contributed by atoms with Gasteiger partial charge in [0.05, 0.1) is 23.9 Å². The average Bonchev–Trinajstić information content (AvgIpc) is 1.88. The van der Waals surface area contributed by atoms with Crippen molar-refractivity contribution >= 4 is 23.9 Å². The molecule has 0 heterocycles. The molecule has 0 N–H and O–H groups in total. The minimum atomic E-state index is -2.19. The van der Waals surface area contributed by atoms with E-state index in [0.29, 0.717) is 0 Å². The summed E-state index contributed by atoms with van der Waals surface area (Å²) >= 11 is 0. The zero-order chi connectivity index (χ0) is 10.3. The van der Waals surface area contributed by atoms with Gasteiger partial charge in [-0.25, -0.2) is 0 Å². The first kappa shape index (κ1) is 17.4. The zero-order valence-electron chi connectivity index (χ0n) is 5.64. The maximum atomic E-state index is 8.93. The van der Waals surface area contributed by atoms with Gasteiger partial charge in [0, 0.05) is 0 Å². The van der Waals surface area contributed by atoms with Crippen molar-refractivity contribution in [3.8, 4) is 0 Å². The van der Waals surface area contributed by atoms with Gasteiger partial charge in [0.2, 0.25) is 0 Å². The Balaban J connectivity index is -0.000000143. The summed E-state index contributed by atoms with van der Waals surface area (Å²) in [5.74, 6) is -8.74. The Morgan fingerprint density at radius 2 is 0.615 bits per heavy atom. The third kappa shape index (κ3) is 17.9. The van der Waals surface area contributed by atoms with Crippen molar-refractivity contribution in [1.82, 2.24) is 0 Å². The van der Waals surface area contributed by atoms with Crippen LogP contribution in [0.3, 0.4) is 0 Å². The molecule has 0 rings (SSSR count). The molecule has 13 heavy (non-hydrogen) atoms.